The van der Waals surface area contributed by atoms with Gasteiger partial charge >= 0.3 is 5.97 Å². The molecule has 0 radical (unpaired) electrons. The Bertz CT molecular complexity index is 201. The second-order valence-corrected chi connectivity index (χ2v) is 3.52. The van der Waals surface area contributed by atoms with Crippen molar-refractivity contribution in [2.45, 2.75) is 6.42 Å². The molecule has 1 heterocycles. The van der Waals surface area contributed by atoms with Crippen LogP contribution in [0.1, 0.15) is 6.42 Å². The molecule has 3 nitrogen and oxygen atoms in total. The number of rotatable bonds is 2. The molecule has 1 aliphatic rings. The van der Waals surface area contributed by atoms with Gasteiger partial charge in [-0.05, 0) is 6.08 Å². The fourth-order valence-corrected chi connectivity index (χ4v) is 1.44. The van der Waals surface area contributed by atoms with Gasteiger partial charge < -0.3 is 9.22 Å². The van der Waals surface area contributed by atoms with E-state index in [1.807, 2.05) is 0 Å². The lowest BCUT2D eigenvalue weighted by molar-refractivity contribution is -0.898. The number of esters is 1. The highest BCUT2D eigenvalue weighted by Crippen LogP contribution is 2.10. The summed E-state index contributed by atoms with van der Waals surface area (Å²) in [5, 5.41) is 0. The van der Waals surface area contributed by atoms with Crippen molar-refractivity contribution in [2.24, 2.45) is 0 Å². The molecule has 0 bridgehead atoms. The van der Waals surface area contributed by atoms with Crippen molar-refractivity contribution in [2.75, 3.05) is 33.8 Å². The first-order chi connectivity index (χ1) is 5.66. The molecule has 0 aromatic heterocycles. The van der Waals surface area contributed by atoms with Crippen molar-refractivity contribution in [3.63, 3.8) is 0 Å². The highest BCUT2D eigenvalue weighted by molar-refractivity contribution is 5.70. The smallest absolute Gasteiger partial charge is 0.361 e. The molecule has 12 heavy (non-hydrogen) atoms. The lowest BCUT2D eigenvalue weighted by Gasteiger charge is -2.33. The minimum atomic E-state index is -0.118. The normalized spacial score (nSPS) is 28.5. The number of quaternary nitrogens is 1. The van der Waals surface area contributed by atoms with Crippen LogP contribution < -0.4 is 0 Å². The fourth-order valence-electron chi connectivity index (χ4n) is 1.44. The third-order valence-corrected chi connectivity index (χ3v) is 2.29. The number of hydrogen-bond acceptors (Lipinski definition) is 2. The van der Waals surface area contributed by atoms with E-state index in [1.54, 1.807) is 0 Å². The predicted molar refractivity (Wildman–Crippen MR) is 46.6 cm³/mol. The Kier molecular flexibility index (Phi) is 2.87. The van der Waals surface area contributed by atoms with E-state index < -0.39 is 0 Å². The van der Waals surface area contributed by atoms with E-state index in [2.05, 4.69) is 23.9 Å². The third kappa shape index (κ3) is 2.34. The SMILES string of the molecule is COC(=O)C[N+]1(C)CC=CCC1. The van der Waals surface area contributed by atoms with Gasteiger partial charge in [-0.3, -0.25) is 0 Å². The van der Waals surface area contributed by atoms with Crippen molar-refractivity contribution in [1.29, 1.82) is 0 Å². The summed E-state index contributed by atoms with van der Waals surface area (Å²) in [5.74, 6) is -0.118. The van der Waals surface area contributed by atoms with E-state index >= 15 is 0 Å². The molecular formula is C9H16NO2+. The van der Waals surface area contributed by atoms with E-state index in [9.17, 15) is 4.79 Å². The molecule has 0 aromatic carbocycles. The highest BCUT2D eigenvalue weighted by Gasteiger charge is 2.25. The van der Waals surface area contributed by atoms with Gasteiger partial charge in [-0.2, -0.15) is 0 Å². The molecule has 0 aliphatic carbocycles. The summed E-state index contributed by atoms with van der Waals surface area (Å²) >= 11 is 0. The van der Waals surface area contributed by atoms with Crippen LogP contribution in [0.3, 0.4) is 0 Å². The summed E-state index contributed by atoms with van der Waals surface area (Å²) in [7, 11) is 3.52. The number of carbonyl (C=O) groups is 1. The topological polar surface area (TPSA) is 26.3 Å². The Labute approximate surface area is 73.2 Å². The third-order valence-electron chi connectivity index (χ3n) is 2.29. The number of carbonyl (C=O) groups excluding carboxylic acids is 1. The van der Waals surface area contributed by atoms with Gasteiger partial charge in [-0.1, -0.05) is 6.08 Å². The molecule has 0 amide bonds. The molecular weight excluding hydrogens is 154 g/mol. The molecule has 0 saturated carbocycles. The summed E-state index contributed by atoms with van der Waals surface area (Å²) in [4.78, 5) is 11.0. The van der Waals surface area contributed by atoms with Gasteiger partial charge in [0.25, 0.3) is 0 Å². The van der Waals surface area contributed by atoms with Crippen LogP contribution in [0.5, 0.6) is 0 Å². The first-order valence-corrected chi connectivity index (χ1v) is 4.22. The van der Waals surface area contributed by atoms with Crippen LogP contribution in [0.2, 0.25) is 0 Å². The zero-order valence-electron chi connectivity index (χ0n) is 7.75. The van der Waals surface area contributed by atoms with Crippen LogP contribution >= 0.6 is 0 Å². The largest absolute Gasteiger partial charge is 0.465 e. The highest BCUT2D eigenvalue weighted by atomic mass is 16.5. The maximum atomic E-state index is 11.0. The maximum Gasteiger partial charge on any atom is 0.361 e. The van der Waals surface area contributed by atoms with E-state index in [-0.39, 0.29) is 5.97 Å². The summed E-state index contributed by atoms with van der Waals surface area (Å²) in [6.45, 7) is 2.46. The van der Waals surface area contributed by atoms with Crippen LogP contribution in [0.4, 0.5) is 0 Å². The molecule has 0 saturated heterocycles. The quantitative estimate of drug-likeness (QED) is 0.344. The molecule has 0 spiro atoms. The minimum absolute atomic E-state index is 0.118. The Hall–Kier alpha value is -0.830. The summed E-state index contributed by atoms with van der Waals surface area (Å²) < 4.78 is 5.42. The number of nitrogens with zero attached hydrogens (tertiary/aromatic N) is 1. The molecule has 0 aromatic rings. The van der Waals surface area contributed by atoms with E-state index in [0.29, 0.717) is 6.54 Å². The molecule has 1 rings (SSSR count). The minimum Gasteiger partial charge on any atom is -0.465 e. The van der Waals surface area contributed by atoms with Crippen molar-refractivity contribution in [3.05, 3.63) is 12.2 Å². The number of hydrogen-bond donors (Lipinski definition) is 0. The van der Waals surface area contributed by atoms with E-state index in [4.69, 9.17) is 0 Å². The average Bonchev–Trinajstić information content (AvgIpc) is 2.05. The predicted octanol–water partition coefficient (Wildman–Crippen LogP) is 0.566. The van der Waals surface area contributed by atoms with Crippen LogP contribution in [0.25, 0.3) is 0 Å². The second-order valence-electron chi connectivity index (χ2n) is 3.52. The number of likely N-dealkylation sites (N-methyl/N-ethyl adjacent to an activating group) is 1. The van der Waals surface area contributed by atoms with Gasteiger partial charge in [0.05, 0.1) is 27.2 Å². The molecule has 1 unspecified atom stereocenters. The van der Waals surface area contributed by atoms with Crippen LogP contribution in [0.15, 0.2) is 12.2 Å². The lowest BCUT2D eigenvalue weighted by atomic mass is 10.2. The Morgan fingerprint density at radius 2 is 2.33 bits per heavy atom. The van der Waals surface area contributed by atoms with Crippen molar-refractivity contribution in [3.8, 4) is 0 Å². The van der Waals surface area contributed by atoms with Gasteiger partial charge in [0.1, 0.15) is 0 Å². The number of ether oxygens (including phenoxy) is 1. The van der Waals surface area contributed by atoms with Gasteiger partial charge in [-0.25, -0.2) is 4.79 Å². The Morgan fingerprint density at radius 1 is 1.58 bits per heavy atom. The van der Waals surface area contributed by atoms with Gasteiger partial charge in [0.15, 0.2) is 6.54 Å². The fraction of sp³-hybridized carbons (Fsp3) is 0.667. The first kappa shape index (κ1) is 9.26. The summed E-state index contributed by atoms with van der Waals surface area (Å²) in [5.41, 5.74) is 0. The van der Waals surface area contributed by atoms with Crippen molar-refractivity contribution in [1.82, 2.24) is 0 Å². The molecule has 0 fully saturated rings. The molecule has 1 atom stereocenters. The first-order valence-electron chi connectivity index (χ1n) is 4.22. The average molecular weight is 170 g/mol. The molecule has 68 valence electrons. The zero-order valence-corrected chi connectivity index (χ0v) is 7.75. The van der Waals surface area contributed by atoms with Crippen LogP contribution in [-0.4, -0.2) is 44.2 Å². The number of methoxy groups -OCH3 is 1. The molecule has 3 heteroatoms. The monoisotopic (exact) mass is 170 g/mol. The Morgan fingerprint density at radius 3 is 2.83 bits per heavy atom. The molecule has 0 N–H and O–H groups in total. The van der Waals surface area contributed by atoms with Gasteiger partial charge in [0.2, 0.25) is 0 Å². The lowest BCUT2D eigenvalue weighted by Crippen LogP contribution is -2.49. The van der Waals surface area contributed by atoms with E-state index in [1.165, 1.54) is 7.11 Å². The summed E-state index contributed by atoms with van der Waals surface area (Å²) in [6, 6.07) is 0. The molecule has 1 aliphatic heterocycles. The van der Waals surface area contributed by atoms with Gasteiger partial charge in [0, 0.05) is 6.42 Å². The zero-order chi connectivity index (χ0) is 9.03. The van der Waals surface area contributed by atoms with Crippen molar-refractivity contribution < 1.29 is 14.0 Å². The van der Waals surface area contributed by atoms with Gasteiger partial charge in [-0.15, -0.1) is 0 Å². The summed E-state index contributed by atoms with van der Waals surface area (Å²) in [6.07, 6.45) is 5.36. The van der Waals surface area contributed by atoms with Crippen molar-refractivity contribution >= 4 is 5.97 Å². The second kappa shape index (κ2) is 3.72. The van der Waals surface area contributed by atoms with Crippen LogP contribution in [0, 0.1) is 0 Å². The Balaban J connectivity index is 2.48. The van der Waals surface area contributed by atoms with E-state index in [0.717, 1.165) is 24.0 Å². The maximum absolute atomic E-state index is 11.0. The van der Waals surface area contributed by atoms with Crippen LogP contribution in [-0.2, 0) is 9.53 Å². The standard InChI is InChI=1S/C9H16NO2/c1-10(8-9(11)12-2)6-4-3-5-7-10/h3-4H,5-8H2,1-2H3/q+1.